The first-order valence-corrected chi connectivity index (χ1v) is 11.5. The molecule has 8 heteroatoms. The van der Waals surface area contributed by atoms with Gasteiger partial charge in [-0.1, -0.05) is 40.7 Å². The van der Waals surface area contributed by atoms with Gasteiger partial charge in [0.05, 0.1) is 22.7 Å². The summed E-state index contributed by atoms with van der Waals surface area (Å²) in [7, 11) is 0. The maximum absolute atomic E-state index is 13.6. The van der Waals surface area contributed by atoms with Crippen LogP contribution in [0.15, 0.2) is 74.2 Å². The van der Waals surface area contributed by atoms with E-state index in [9.17, 15) is 9.59 Å². The van der Waals surface area contributed by atoms with Gasteiger partial charge in [-0.05, 0) is 42.8 Å². The molecule has 1 amide bonds. The Morgan fingerprint density at radius 2 is 2.03 bits per heavy atom. The van der Waals surface area contributed by atoms with Crippen molar-refractivity contribution in [1.29, 1.82) is 0 Å². The minimum Gasteiger partial charge on any atom is -0.490 e. The van der Waals surface area contributed by atoms with Crippen LogP contribution < -0.4 is 15.1 Å². The van der Waals surface area contributed by atoms with Crippen LogP contribution in [0.1, 0.15) is 33.4 Å². The van der Waals surface area contributed by atoms with Crippen molar-refractivity contribution in [3.8, 4) is 5.75 Å². The van der Waals surface area contributed by atoms with Crippen molar-refractivity contribution < 1.29 is 13.9 Å². The van der Waals surface area contributed by atoms with Crippen LogP contribution in [-0.2, 0) is 0 Å². The topological polar surface area (TPSA) is 72.6 Å². The van der Waals surface area contributed by atoms with Crippen LogP contribution in [0.4, 0.5) is 5.13 Å². The largest absolute Gasteiger partial charge is 0.490 e. The number of carbonyl (C=O) groups excluding carboxylic acids is 1. The van der Waals surface area contributed by atoms with E-state index in [2.05, 4.69) is 27.5 Å². The third kappa shape index (κ3) is 3.36. The first kappa shape index (κ1) is 20.7. The van der Waals surface area contributed by atoms with E-state index in [0.717, 1.165) is 15.7 Å². The zero-order valence-electron chi connectivity index (χ0n) is 17.0. The van der Waals surface area contributed by atoms with Gasteiger partial charge in [-0.2, -0.15) is 0 Å². The fraction of sp³-hybridized carbons (Fsp3) is 0.125. The number of hydrogen-bond donors (Lipinski definition) is 0. The highest BCUT2D eigenvalue weighted by Gasteiger charge is 2.44. The van der Waals surface area contributed by atoms with E-state index in [-0.39, 0.29) is 17.1 Å². The molecule has 32 heavy (non-hydrogen) atoms. The molecular formula is C24H17BrN2O4S. The molecule has 0 aliphatic carbocycles. The van der Waals surface area contributed by atoms with Gasteiger partial charge < -0.3 is 9.15 Å². The lowest BCUT2D eigenvalue weighted by molar-refractivity contribution is 0.0971. The van der Waals surface area contributed by atoms with Crippen LogP contribution in [0, 0.1) is 6.92 Å². The summed E-state index contributed by atoms with van der Waals surface area (Å²) in [5.41, 5.74) is 2.01. The minimum atomic E-state index is -0.656. The number of hydrogen-bond acceptors (Lipinski definition) is 6. The van der Waals surface area contributed by atoms with E-state index >= 15 is 0 Å². The van der Waals surface area contributed by atoms with Crippen molar-refractivity contribution in [3.63, 3.8) is 0 Å². The molecule has 3 heterocycles. The predicted molar refractivity (Wildman–Crippen MR) is 128 cm³/mol. The second kappa shape index (κ2) is 8.03. The van der Waals surface area contributed by atoms with E-state index in [0.29, 0.717) is 34.0 Å². The maximum Gasteiger partial charge on any atom is 0.297 e. The van der Waals surface area contributed by atoms with Gasteiger partial charge in [0.25, 0.3) is 5.91 Å². The third-order valence-corrected chi connectivity index (χ3v) is 6.66. The highest BCUT2D eigenvalue weighted by atomic mass is 79.9. The van der Waals surface area contributed by atoms with Crippen molar-refractivity contribution >= 4 is 49.3 Å². The van der Waals surface area contributed by atoms with Gasteiger partial charge in [0.2, 0.25) is 5.76 Å². The fourth-order valence-electron chi connectivity index (χ4n) is 3.81. The molecule has 5 rings (SSSR count). The number of carbonyl (C=O) groups is 1. The molecule has 2 aromatic heterocycles. The lowest BCUT2D eigenvalue weighted by Crippen LogP contribution is -2.29. The standard InChI is InChI=1S/C24H17BrN2O4S/c1-3-10-30-16-7-4-14(5-8-16)20-19-21(28)17-11-15(25)6-9-18(17)31-22(19)23(29)27(20)24-26-13(2)12-32-24/h3-9,11-12,20H,1,10H2,2H3/t20-/m0/s1. The molecule has 1 atom stereocenters. The van der Waals surface area contributed by atoms with Crippen molar-refractivity contribution in [2.45, 2.75) is 13.0 Å². The molecule has 0 bridgehead atoms. The summed E-state index contributed by atoms with van der Waals surface area (Å²) < 4.78 is 12.3. The molecule has 0 fully saturated rings. The molecule has 2 aromatic carbocycles. The van der Waals surface area contributed by atoms with E-state index in [1.165, 1.54) is 11.3 Å². The molecule has 6 nitrogen and oxygen atoms in total. The van der Waals surface area contributed by atoms with Gasteiger partial charge in [-0.3, -0.25) is 14.5 Å². The number of rotatable bonds is 5. The summed E-state index contributed by atoms with van der Waals surface area (Å²) in [5.74, 6) is 0.340. The number of benzene rings is 2. The first-order valence-electron chi connectivity index (χ1n) is 9.83. The van der Waals surface area contributed by atoms with Gasteiger partial charge in [0.1, 0.15) is 17.9 Å². The molecule has 4 aromatic rings. The van der Waals surface area contributed by atoms with Crippen molar-refractivity contribution in [1.82, 2.24) is 4.98 Å². The molecule has 0 unspecified atom stereocenters. The molecular weight excluding hydrogens is 492 g/mol. The molecule has 0 radical (unpaired) electrons. The van der Waals surface area contributed by atoms with Crippen molar-refractivity contribution in [2.24, 2.45) is 0 Å². The number of aryl methyl sites for hydroxylation is 1. The van der Waals surface area contributed by atoms with Gasteiger partial charge in [0, 0.05) is 9.85 Å². The second-order valence-electron chi connectivity index (χ2n) is 7.33. The molecule has 0 spiro atoms. The van der Waals surface area contributed by atoms with Crippen LogP contribution in [0.2, 0.25) is 0 Å². The zero-order chi connectivity index (χ0) is 22.4. The van der Waals surface area contributed by atoms with Gasteiger partial charge >= 0.3 is 0 Å². The van der Waals surface area contributed by atoms with E-state index in [1.807, 2.05) is 36.6 Å². The summed E-state index contributed by atoms with van der Waals surface area (Å²) in [4.78, 5) is 33.1. The van der Waals surface area contributed by atoms with Crippen LogP contribution in [0.5, 0.6) is 5.75 Å². The Morgan fingerprint density at radius 3 is 2.72 bits per heavy atom. The highest BCUT2D eigenvalue weighted by molar-refractivity contribution is 9.10. The third-order valence-electron chi connectivity index (χ3n) is 5.21. The first-order chi connectivity index (χ1) is 15.5. The fourth-order valence-corrected chi connectivity index (χ4v) is 5.00. The number of thiazole rings is 1. The smallest absolute Gasteiger partial charge is 0.297 e. The molecule has 1 aliphatic heterocycles. The molecule has 0 N–H and O–H groups in total. The van der Waals surface area contributed by atoms with Crippen LogP contribution in [-0.4, -0.2) is 17.5 Å². The Bertz CT molecular complexity index is 1420. The Hall–Kier alpha value is -3.23. The summed E-state index contributed by atoms with van der Waals surface area (Å²) in [6.45, 7) is 5.91. The van der Waals surface area contributed by atoms with E-state index in [1.54, 1.807) is 29.2 Å². The number of amides is 1. The quantitative estimate of drug-likeness (QED) is 0.326. The average Bonchev–Trinajstić information content (AvgIpc) is 3.34. The summed E-state index contributed by atoms with van der Waals surface area (Å²) in [6, 6.07) is 11.8. The van der Waals surface area contributed by atoms with Crippen LogP contribution in [0.3, 0.4) is 0 Å². The Labute approximate surface area is 195 Å². The predicted octanol–water partition coefficient (Wildman–Crippen LogP) is 5.64. The molecule has 1 aliphatic rings. The lowest BCUT2D eigenvalue weighted by Gasteiger charge is -2.22. The Morgan fingerprint density at radius 1 is 1.25 bits per heavy atom. The number of halogens is 1. The maximum atomic E-state index is 13.6. The monoisotopic (exact) mass is 508 g/mol. The lowest BCUT2D eigenvalue weighted by atomic mass is 9.98. The minimum absolute atomic E-state index is 0.0506. The summed E-state index contributed by atoms with van der Waals surface area (Å²) >= 11 is 4.77. The summed E-state index contributed by atoms with van der Waals surface area (Å²) in [6.07, 6.45) is 1.67. The Kier molecular flexibility index (Phi) is 5.19. The van der Waals surface area contributed by atoms with Gasteiger partial charge in [-0.15, -0.1) is 11.3 Å². The molecule has 0 saturated carbocycles. The average molecular weight is 509 g/mol. The SMILES string of the molecule is C=CCOc1ccc([C@H]2c3c(oc4ccc(Br)cc4c3=O)C(=O)N2c2nc(C)cs2)cc1. The number of ether oxygens (including phenoxy) is 1. The molecule has 0 saturated heterocycles. The highest BCUT2D eigenvalue weighted by Crippen LogP contribution is 2.42. The van der Waals surface area contributed by atoms with E-state index < -0.39 is 6.04 Å². The summed E-state index contributed by atoms with van der Waals surface area (Å²) in [5, 5.41) is 2.80. The van der Waals surface area contributed by atoms with Gasteiger partial charge in [-0.25, -0.2) is 4.98 Å². The zero-order valence-corrected chi connectivity index (χ0v) is 19.4. The van der Waals surface area contributed by atoms with E-state index in [4.69, 9.17) is 9.15 Å². The second-order valence-corrected chi connectivity index (χ2v) is 9.08. The number of fused-ring (bicyclic) bond motifs is 2. The number of anilines is 1. The normalized spacial score (nSPS) is 15.2. The number of nitrogens with zero attached hydrogens (tertiary/aromatic N) is 2. The van der Waals surface area contributed by atoms with Crippen molar-refractivity contribution in [2.75, 3.05) is 11.5 Å². The Balaban J connectivity index is 1.72. The van der Waals surface area contributed by atoms with Crippen molar-refractivity contribution in [3.05, 3.63) is 97.8 Å². The molecule has 160 valence electrons. The van der Waals surface area contributed by atoms with Crippen LogP contribution >= 0.6 is 27.3 Å². The van der Waals surface area contributed by atoms with Gasteiger partial charge in [0.15, 0.2) is 10.6 Å². The van der Waals surface area contributed by atoms with Crippen LogP contribution in [0.25, 0.3) is 11.0 Å². The number of aromatic nitrogens is 1.